The van der Waals surface area contributed by atoms with Gasteiger partial charge in [0.1, 0.15) is 23.1 Å². The van der Waals surface area contributed by atoms with Crippen molar-refractivity contribution in [1.29, 1.82) is 5.26 Å². The highest BCUT2D eigenvalue weighted by molar-refractivity contribution is 5.89. The van der Waals surface area contributed by atoms with Crippen LogP contribution in [0.3, 0.4) is 0 Å². The standard InChI is InChI=1S/C34H32N2O5/c1-3-4-7-17-39-29-16-13-24(18-31(29)38-2)33-27-15-14-25(20-30(27)41-34(36)28(33)21-35)40-32(37)19-23-11-8-10-22-9-5-6-12-26(22)23/h5-6,8-16,18,20,33H,3-4,7,17,19,36H2,1-2H3. The summed E-state index contributed by atoms with van der Waals surface area (Å²) in [6.07, 6.45) is 3.28. The molecule has 1 heterocycles. The van der Waals surface area contributed by atoms with Gasteiger partial charge < -0.3 is 24.7 Å². The molecule has 4 aromatic carbocycles. The quantitative estimate of drug-likeness (QED) is 0.132. The number of esters is 1. The Kier molecular flexibility index (Phi) is 8.40. The zero-order valence-corrected chi connectivity index (χ0v) is 23.2. The smallest absolute Gasteiger partial charge is 0.315 e. The Morgan fingerprint density at radius 2 is 1.83 bits per heavy atom. The van der Waals surface area contributed by atoms with E-state index in [0.29, 0.717) is 29.6 Å². The second kappa shape index (κ2) is 12.5. The lowest BCUT2D eigenvalue weighted by Gasteiger charge is -2.27. The number of benzene rings is 4. The number of allylic oxidation sites excluding steroid dienone is 1. The van der Waals surface area contributed by atoms with E-state index in [2.05, 4.69) is 13.0 Å². The summed E-state index contributed by atoms with van der Waals surface area (Å²) in [4.78, 5) is 12.9. The topological polar surface area (TPSA) is 104 Å². The molecule has 0 bridgehead atoms. The maximum atomic E-state index is 12.9. The third-order valence-corrected chi connectivity index (χ3v) is 7.16. The molecular formula is C34H32N2O5. The lowest BCUT2D eigenvalue weighted by Crippen LogP contribution is -2.21. The summed E-state index contributed by atoms with van der Waals surface area (Å²) in [5.41, 5.74) is 8.91. The fraction of sp³-hybridized carbons (Fsp3) is 0.235. The number of rotatable bonds is 10. The molecule has 4 aromatic rings. The Labute approximate surface area is 239 Å². The average Bonchev–Trinajstić information content (AvgIpc) is 2.98. The van der Waals surface area contributed by atoms with Crippen molar-refractivity contribution in [1.82, 2.24) is 0 Å². The van der Waals surface area contributed by atoms with Crippen molar-refractivity contribution in [3.05, 3.63) is 107 Å². The van der Waals surface area contributed by atoms with E-state index in [1.807, 2.05) is 60.7 Å². The third kappa shape index (κ3) is 5.97. The number of hydrogen-bond acceptors (Lipinski definition) is 7. The molecule has 5 rings (SSSR count). The summed E-state index contributed by atoms with van der Waals surface area (Å²) in [7, 11) is 1.59. The molecule has 41 heavy (non-hydrogen) atoms. The number of nitrogens with two attached hydrogens (primary N) is 1. The van der Waals surface area contributed by atoms with E-state index in [9.17, 15) is 10.1 Å². The van der Waals surface area contributed by atoms with Gasteiger partial charge in [-0.15, -0.1) is 0 Å². The van der Waals surface area contributed by atoms with Crippen LogP contribution in [0.15, 0.2) is 90.3 Å². The van der Waals surface area contributed by atoms with Crippen LogP contribution in [0.2, 0.25) is 0 Å². The largest absolute Gasteiger partial charge is 0.493 e. The monoisotopic (exact) mass is 548 g/mol. The van der Waals surface area contributed by atoms with Crippen molar-refractivity contribution in [2.24, 2.45) is 5.73 Å². The molecule has 1 aliphatic heterocycles. The van der Waals surface area contributed by atoms with Gasteiger partial charge in [-0.3, -0.25) is 4.79 Å². The summed E-state index contributed by atoms with van der Waals surface area (Å²) >= 11 is 0. The van der Waals surface area contributed by atoms with Crippen molar-refractivity contribution in [3.63, 3.8) is 0 Å². The number of hydrogen-bond donors (Lipinski definition) is 1. The van der Waals surface area contributed by atoms with Gasteiger partial charge >= 0.3 is 5.97 Å². The summed E-state index contributed by atoms with van der Waals surface area (Å²) in [6, 6.07) is 26.7. The minimum Gasteiger partial charge on any atom is -0.493 e. The SMILES string of the molecule is CCCCCOc1ccc(C2C(C#N)=C(N)Oc3cc(OC(=O)Cc4cccc5ccccc45)ccc32)cc1OC. The molecule has 7 nitrogen and oxygen atoms in total. The molecule has 0 spiro atoms. The number of ether oxygens (including phenoxy) is 4. The maximum Gasteiger partial charge on any atom is 0.315 e. The van der Waals surface area contributed by atoms with Crippen molar-refractivity contribution in [2.75, 3.05) is 13.7 Å². The number of methoxy groups -OCH3 is 1. The number of carbonyl (C=O) groups excluding carboxylic acids is 1. The first-order chi connectivity index (χ1) is 20.0. The van der Waals surface area contributed by atoms with Gasteiger partial charge in [-0.2, -0.15) is 5.26 Å². The van der Waals surface area contributed by atoms with E-state index in [0.717, 1.165) is 46.7 Å². The highest BCUT2D eigenvalue weighted by Crippen LogP contribution is 2.45. The van der Waals surface area contributed by atoms with Crippen LogP contribution >= 0.6 is 0 Å². The van der Waals surface area contributed by atoms with Gasteiger partial charge in [0.2, 0.25) is 5.88 Å². The summed E-state index contributed by atoms with van der Waals surface area (Å²) < 4.78 is 23.1. The van der Waals surface area contributed by atoms with Crippen LogP contribution < -0.4 is 24.7 Å². The molecule has 0 amide bonds. The molecule has 0 saturated heterocycles. The second-order valence-corrected chi connectivity index (χ2v) is 9.88. The molecule has 1 atom stereocenters. The highest BCUT2D eigenvalue weighted by Gasteiger charge is 2.32. The number of nitrogens with zero attached hydrogens (tertiary/aromatic N) is 1. The minimum atomic E-state index is -0.493. The molecule has 0 saturated carbocycles. The Hall–Kier alpha value is -4.96. The molecule has 2 N–H and O–H groups in total. The van der Waals surface area contributed by atoms with Gasteiger partial charge in [-0.05, 0) is 46.5 Å². The summed E-state index contributed by atoms with van der Waals surface area (Å²) in [5.74, 6) is 1.07. The average molecular weight is 549 g/mol. The van der Waals surface area contributed by atoms with Gasteiger partial charge in [0.15, 0.2) is 11.5 Å². The zero-order valence-electron chi connectivity index (χ0n) is 23.2. The fourth-order valence-corrected chi connectivity index (χ4v) is 5.13. The first-order valence-corrected chi connectivity index (χ1v) is 13.7. The van der Waals surface area contributed by atoms with Crippen LogP contribution in [0.1, 0.15) is 48.8 Å². The van der Waals surface area contributed by atoms with Gasteiger partial charge in [-0.1, -0.05) is 74.4 Å². The van der Waals surface area contributed by atoms with Crippen LogP contribution in [-0.2, 0) is 11.2 Å². The first kappa shape index (κ1) is 27.6. The molecule has 1 unspecified atom stereocenters. The molecule has 1 aliphatic rings. The number of unbranched alkanes of at least 4 members (excludes halogenated alkanes) is 2. The van der Waals surface area contributed by atoms with E-state index in [-0.39, 0.29) is 17.9 Å². The van der Waals surface area contributed by atoms with Crippen LogP contribution in [0.4, 0.5) is 0 Å². The predicted molar refractivity (Wildman–Crippen MR) is 157 cm³/mol. The van der Waals surface area contributed by atoms with E-state index >= 15 is 0 Å². The van der Waals surface area contributed by atoms with E-state index in [4.69, 9.17) is 24.7 Å². The second-order valence-electron chi connectivity index (χ2n) is 9.88. The van der Waals surface area contributed by atoms with E-state index in [1.54, 1.807) is 25.3 Å². The zero-order chi connectivity index (χ0) is 28.8. The van der Waals surface area contributed by atoms with Gasteiger partial charge in [0.25, 0.3) is 0 Å². The van der Waals surface area contributed by atoms with E-state index in [1.165, 1.54) is 0 Å². The van der Waals surface area contributed by atoms with Crippen LogP contribution in [0, 0.1) is 11.3 Å². The lowest BCUT2D eigenvalue weighted by molar-refractivity contribution is -0.133. The Bertz CT molecular complexity index is 1650. The molecule has 0 aliphatic carbocycles. The molecule has 7 heteroatoms. The number of nitriles is 1. The molecular weight excluding hydrogens is 516 g/mol. The summed E-state index contributed by atoms with van der Waals surface area (Å²) in [5, 5.41) is 12.0. The minimum absolute atomic E-state index is 0.00286. The number of carbonyl (C=O) groups is 1. The molecule has 0 aromatic heterocycles. The predicted octanol–water partition coefficient (Wildman–Crippen LogP) is 6.78. The highest BCUT2D eigenvalue weighted by atomic mass is 16.5. The molecule has 208 valence electrons. The Balaban J connectivity index is 1.39. The van der Waals surface area contributed by atoms with Gasteiger partial charge in [-0.25, -0.2) is 0 Å². The van der Waals surface area contributed by atoms with E-state index < -0.39 is 11.9 Å². The normalized spacial score (nSPS) is 14.1. The van der Waals surface area contributed by atoms with Crippen LogP contribution in [0.25, 0.3) is 10.8 Å². The van der Waals surface area contributed by atoms with Crippen molar-refractivity contribution < 1.29 is 23.7 Å². The Morgan fingerprint density at radius 3 is 2.63 bits per heavy atom. The third-order valence-electron chi connectivity index (χ3n) is 7.16. The van der Waals surface area contributed by atoms with Crippen molar-refractivity contribution in [3.8, 4) is 29.1 Å². The Morgan fingerprint density at radius 1 is 1.00 bits per heavy atom. The molecule has 0 radical (unpaired) electrons. The van der Waals surface area contributed by atoms with Crippen molar-refractivity contribution in [2.45, 2.75) is 38.5 Å². The van der Waals surface area contributed by atoms with Gasteiger partial charge in [0.05, 0.1) is 26.1 Å². The molecule has 0 fully saturated rings. The fourth-order valence-electron chi connectivity index (χ4n) is 5.13. The summed E-state index contributed by atoms with van der Waals surface area (Å²) in [6.45, 7) is 2.74. The number of fused-ring (bicyclic) bond motifs is 2. The van der Waals surface area contributed by atoms with Gasteiger partial charge in [0, 0.05) is 11.6 Å². The lowest BCUT2D eigenvalue weighted by atomic mass is 9.83. The maximum absolute atomic E-state index is 12.9. The van der Waals surface area contributed by atoms with Crippen LogP contribution in [0.5, 0.6) is 23.0 Å². The van der Waals surface area contributed by atoms with Crippen molar-refractivity contribution >= 4 is 16.7 Å². The van der Waals surface area contributed by atoms with Crippen LogP contribution in [-0.4, -0.2) is 19.7 Å². The first-order valence-electron chi connectivity index (χ1n) is 13.7.